The summed E-state index contributed by atoms with van der Waals surface area (Å²) in [7, 11) is 5.46. The molecule has 0 saturated carbocycles. The molecule has 1 heterocycles. The monoisotopic (exact) mass is 416 g/mol. The van der Waals surface area contributed by atoms with Crippen LogP contribution in [0.2, 0.25) is 0 Å². The average Bonchev–Trinajstić information content (AvgIpc) is 2.66. The van der Waals surface area contributed by atoms with Gasteiger partial charge in [0, 0.05) is 38.3 Å². The summed E-state index contributed by atoms with van der Waals surface area (Å²) in [6.07, 6.45) is -0.279. The van der Waals surface area contributed by atoms with Gasteiger partial charge in [0.25, 0.3) is 0 Å². The van der Waals surface area contributed by atoms with Gasteiger partial charge in [-0.05, 0) is 45.4 Å². The summed E-state index contributed by atoms with van der Waals surface area (Å²) in [6.45, 7) is 7.65. The van der Waals surface area contributed by atoms with Gasteiger partial charge in [0.15, 0.2) is 0 Å². The van der Waals surface area contributed by atoms with E-state index in [-0.39, 0.29) is 12.7 Å². The maximum atomic E-state index is 13.0. The molecular weight excluding hydrogens is 384 g/mol. The number of methoxy groups -OCH3 is 1. The predicted molar refractivity (Wildman–Crippen MR) is 116 cm³/mol. The summed E-state index contributed by atoms with van der Waals surface area (Å²) >= 11 is 0. The van der Waals surface area contributed by atoms with Crippen LogP contribution in [0.1, 0.15) is 39.2 Å². The second-order valence-electron chi connectivity index (χ2n) is 7.70. The van der Waals surface area contributed by atoms with Gasteiger partial charge in [0.1, 0.15) is 6.61 Å². The zero-order valence-corrected chi connectivity index (χ0v) is 18.9. The van der Waals surface area contributed by atoms with Crippen molar-refractivity contribution in [2.75, 3.05) is 39.3 Å². The molecule has 1 unspecified atom stereocenters. The van der Waals surface area contributed by atoms with Crippen LogP contribution in [0, 0.1) is 0 Å². The number of ether oxygens (including phenoxy) is 3. The summed E-state index contributed by atoms with van der Waals surface area (Å²) in [4.78, 5) is 28.0. The van der Waals surface area contributed by atoms with Crippen LogP contribution < -0.4 is 10.2 Å². The Labute approximate surface area is 178 Å². The Kier molecular flexibility index (Phi) is 8.06. The Morgan fingerprint density at radius 3 is 2.07 bits per heavy atom. The predicted octanol–water partition coefficient (Wildman–Crippen LogP) is 3.13. The van der Waals surface area contributed by atoms with Gasteiger partial charge in [0.2, 0.25) is 0 Å². The van der Waals surface area contributed by atoms with Crippen LogP contribution in [0.25, 0.3) is 0 Å². The third-order valence-corrected chi connectivity index (χ3v) is 4.81. The van der Waals surface area contributed by atoms with Crippen molar-refractivity contribution in [3.63, 3.8) is 0 Å². The molecule has 0 radical (unpaired) electrons. The molecule has 0 amide bonds. The van der Waals surface area contributed by atoms with Crippen molar-refractivity contribution in [2.24, 2.45) is 0 Å². The van der Waals surface area contributed by atoms with Crippen molar-refractivity contribution in [1.82, 2.24) is 5.32 Å². The summed E-state index contributed by atoms with van der Waals surface area (Å²) < 4.78 is 15.9. The molecule has 0 aromatic heterocycles. The van der Waals surface area contributed by atoms with Crippen LogP contribution in [0.3, 0.4) is 0 Å². The molecule has 164 valence electrons. The van der Waals surface area contributed by atoms with E-state index in [9.17, 15) is 9.59 Å². The molecule has 0 spiro atoms. The van der Waals surface area contributed by atoms with Crippen molar-refractivity contribution < 1.29 is 23.8 Å². The van der Waals surface area contributed by atoms with E-state index in [2.05, 4.69) is 5.32 Å². The molecule has 1 aliphatic rings. The van der Waals surface area contributed by atoms with E-state index in [0.717, 1.165) is 11.3 Å². The zero-order valence-electron chi connectivity index (χ0n) is 18.9. The van der Waals surface area contributed by atoms with Gasteiger partial charge in [-0.3, -0.25) is 0 Å². The van der Waals surface area contributed by atoms with Gasteiger partial charge in [-0.1, -0.05) is 12.1 Å². The fourth-order valence-electron chi connectivity index (χ4n) is 3.41. The molecule has 0 fully saturated rings. The summed E-state index contributed by atoms with van der Waals surface area (Å²) in [5, 5.41) is 3.15. The lowest BCUT2D eigenvalue weighted by Gasteiger charge is -2.31. The molecule has 30 heavy (non-hydrogen) atoms. The largest absolute Gasteiger partial charge is 0.460 e. The quantitative estimate of drug-likeness (QED) is 0.515. The number of anilines is 1. The first-order valence-electron chi connectivity index (χ1n) is 10.00. The maximum Gasteiger partial charge on any atom is 0.337 e. The highest BCUT2D eigenvalue weighted by atomic mass is 16.6. The first-order chi connectivity index (χ1) is 14.2. The highest BCUT2D eigenvalue weighted by Crippen LogP contribution is 2.39. The van der Waals surface area contributed by atoms with Crippen molar-refractivity contribution in [2.45, 2.75) is 39.7 Å². The SMILES string of the molecule is COCCOC(=O)C1=C(C)NC(C)=C(C(=O)OC(C)C)C1c1ccc(N(C)C)cc1. The molecule has 1 N–H and O–H groups in total. The summed E-state index contributed by atoms with van der Waals surface area (Å²) in [5.74, 6) is -1.53. The number of hydrogen-bond donors (Lipinski definition) is 1. The highest BCUT2D eigenvalue weighted by Gasteiger charge is 2.38. The standard InChI is InChI=1S/C23H32N2O5/c1-14(2)30-23(27)20-16(4)24-15(3)19(22(26)29-13-12-28-7)21(20)17-8-10-18(11-9-17)25(5)6/h8-11,14,21,24H,12-13H2,1-7H3. The molecule has 1 atom stereocenters. The molecule has 7 heteroatoms. The molecular formula is C23H32N2O5. The van der Waals surface area contributed by atoms with E-state index in [4.69, 9.17) is 14.2 Å². The summed E-state index contributed by atoms with van der Waals surface area (Å²) in [6, 6.07) is 7.77. The van der Waals surface area contributed by atoms with Gasteiger partial charge >= 0.3 is 11.9 Å². The van der Waals surface area contributed by atoms with Crippen LogP contribution in [0.15, 0.2) is 46.8 Å². The number of carbonyl (C=O) groups is 2. The number of dihydropyridines is 1. The van der Waals surface area contributed by atoms with E-state index in [0.29, 0.717) is 29.1 Å². The van der Waals surface area contributed by atoms with Crippen LogP contribution in [-0.4, -0.2) is 52.5 Å². The Balaban J connectivity index is 2.54. The van der Waals surface area contributed by atoms with Crippen LogP contribution in [-0.2, 0) is 23.8 Å². The number of allylic oxidation sites excluding steroid dienone is 2. The molecule has 7 nitrogen and oxygen atoms in total. The molecule has 2 rings (SSSR count). The number of esters is 2. The second kappa shape index (κ2) is 10.3. The third-order valence-electron chi connectivity index (χ3n) is 4.81. The number of carbonyl (C=O) groups excluding carboxylic acids is 2. The second-order valence-corrected chi connectivity index (χ2v) is 7.70. The number of nitrogens with zero attached hydrogens (tertiary/aromatic N) is 1. The van der Waals surface area contributed by atoms with Crippen molar-refractivity contribution in [3.05, 3.63) is 52.4 Å². The Morgan fingerprint density at radius 1 is 1.00 bits per heavy atom. The van der Waals surface area contributed by atoms with Crippen molar-refractivity contribution in [1.29, 1.82) is 0 Å². The molecule has 1 aromatic carbocycles. The Morgan fingerprint density at radius 2 is 1.57 bits per heavy atom. The molecule has 0 aliphatic carbocycles. The zero-order chi connectivity index (χ0) is 22.4. The van der Waals surface area contributed by atoms with Crippen LogP contribution in [0.4, 0.5) is 5.69 Å². The van der Waals surface area contributed by atoms with E-state index >= 15 is 0 Å². The molecule has 0 bridgehead atoms. The first-order valence-corrected chi connectivity index (χ1v) is 10.00. The normalized spacial score (nSPS) is 16.5. The van der Waals surface area contributed by atoms with Crippen molar-refractivity contribution >= 4 is 17.6 Å². The number of hydrogen-bond acceptors (Lipinski definition) is 7. The minimum atomic E-state index is -0.594. The molecule has 1 aromatic rings. The van der Waals surface area contributed by atoms with E-state index in [1.807, 2.05) is 57.1 Å². The number of nitrogens with one attached hydrogen (secondary N) is 1. The lowest BCUT2D eigenvalue weighted by atomic mass is 9.80. The van der Waals surface area contributed by atoms with Gasteiger partial charge < -0.3 is 24.4 Å². The fourth-order valence-corrected chi connectivity index (χ4v) is 3.41. The Bertz CT molecular complexity index is 838. The number of rotatable bonds is 8. The van der Waals surface area contributed by atoms with E-state index in [1.54, 1.807) is 21.0 Å². The topological polar surface area (TPSA) is 77.1 Å². The molecule has 1 aliphatic heterocycles. The van der Waals surface area contributed by atoms with Crippen molar-refractivity contribution in [3.8, 4) is 0 Å². The summed E-state index contributed by atoms with van der Waals surface area (Å²) in [5.41, 5.74) is 3.95. The lowest BCUT2D eigenvalue weighted by molar-refractivity contribution is -0.143. The van der Waals surface area contributed by atoms with Gasteiger partial charge in [0.05, 0.1) is 29.8 Å². The van der Waals surface area contributed by atoms with E-state index in [1.165, 1.54) is 0 Å². The first kappa shape index (κ1) is 23.5. The van der Waals surface area contributed by atoms with E-state index < -0.39 is 17.9 Å². The van der Waals surface area contributed by atoms with Gasteiger partial charge in [-0.15, -0.1) is 0 Å². The number of benzene rings is 1. The third kappa shape index (κ3) is 5.42. The fraction of sp³-hybridized carbons (Fsp3) is 0.478. The van der Waals surface area contributed by atoms with Gasteiger partial charge in [-0.25, -0.2) is 9.59 Å². The van der Waals surface area contributed by atoms with Crippen LogP contribution in [0.5, 0.6) is 0 Å². The smallest absolute Gasteiger partial charge is 0.337 e. The maximum absolute atomic E-state index is 13.0. The minimum Gasteiger partial charge on any atom is -0.460 e. The lowest BCUT2D eigenvalue weighted by Crippen LogP contribution is -2.33. The van der Waals surface area contributed by atoms with Gasteiger partial charge in [-0.2, -0.15) is 0 Å². The molecule has 0 saturated heterocycles. The van der Waals surface area contributed by atoms with Crippen LogP contribution >= 0.6 is 0 Å². The minimum absolute atomic E-state index is 0.132. The highest BCUT2D eigenvalue weighted by molar-refractivity contribution is 6.00. The Hall–Kier alpha value is -2.80. The average molecular weight is 417 g/mol.